The Hall–Kier alpha value is -5.55. The molecule has 10 nitrogen and oxygen atoms in total. The zero-order chi connectivity index (χ0) is 33.6. The van der Waals surface area contributed by atoms with Crippen LogP contribution in [0.4, 0.5) is 8.78 Å². The zero-order valence-corrected chi connectivity index (χ0v) is 26.2. The summed E-state index contributed by atoms with van der Waals surface area (Å²) in [4.78, 5) is 21.0. The normalized spacial score (nSPS) is 14.3. The molecule has 0 bridgehead atoms. The second-order valence-corrected chi connectivity index (χ2v) is 11.6. The van der Waals surface area contributed by atoms with Crippen LogP contribution < -0.4 is 19.5 Å². The summed E-state index contributed by atoms with van der Waals surface area (Å²) in [5.74, 6) is -4.28. The molecule has 1 atom stereocenters. The van der Waals surface area contributed by atoms with Gasteiger partial charge in [0.1, 0.15) is 17.4 Å². The summed E-state index contributed by atoms with van der Waals surface area (Å²) < 4.78 is 50.4. The van der Waals surface area contributed by atoms with Crippen LogP contribution >= 0.6 is 11.8 Å². The second-order valence-electron chi connectivity index (χ2n) is 10.6. The van der Waals surface area contributed by atoms with Gasteiger partial charge in [-0.2, -0.15) is 19.0 Å². The van der Waals surface area contributed by atoms with E-state index in [0.29, 0.717) is 17.3 Å². The van der Waals surface area contributed by atoms with Gasteiger partial charge in [-0.1, -0.05) is 60.3 Å². The topological polar surface area (TPSA) is 130 Å². The maximum Gasteiger partial charge on any atom is 0.337 e. The van der Waals surface area contributed by atoms with Crippen LogP contribution in [0.5, 0.6) is 29.0 Å². The van der Waals surface area contributed by atoms with Gasteiger partial charge >= 0.3 is 5.97 Å². The van der Waals surface area contributed by atoms with Crippen LogP contribution in [-0.4, -0.2) is 46.1 Å². The average molecular weight is 668 g/mol. The molecule has 1 aliphatic heterocycles. The van der Waals surface area contributed by atoms with Crippen LogP contribution in [0.15, 0.2) is 101 Å². The maximum absolute atomic E-state index is 16.2. The lowest BCUT2D eigenvalue weighted by molar-refractivity contribution is 0.0696. The van der Waals surface area contributed by atoms with E-state index in [4.69, 9.17) is 14.2 Å². The molecule has 2 N–H and O–H groups in total. The lowest BCUT2D eigenvalue weighted by Crippen LogP contribution is -2.24. The highest BCUT2D eigenvalue weighted by molar-refractivity contribution is 7.99. The van der Waals surface area contributed by atoms with Gasteiger partial charge in [0.2, 0.25) is 11.6 Å². The Morgan fingerprint density at radius 2 is 1.73 bits per heavy atom. The Labute approximate surface area is 278 Å². The third-order valence-electron chi connectivity index (χ3n) is 7.35. The van der Waals surface area contributed by atoms with Gasteiger partial charge in [0.05, 0.1) is 28.3 Å². The van der Waals surface area contributed by atoms with Crippen molar-refractivity contribution in [1.29, 1.82) is 5.26 Å². The highest BCUT2D eigenvalue weighted by atomic mass is 32.2. The Morgan fingerprint density at radius 1 is 1.00 bits per heavy atom. The first-order valence-corrected chi connectivity index (χ1v) is 15.5. The highest BCUT2D eigenvalue weighted by Crippen LogP contribution is 2.43. The Kier molecular flexibility index (Phi) is 9.77. The molecular weight excluding hydrogens is 640 g/mol. The van der Waals surface area contributed by atoms with Gasteiger partial charge in [-0.05, 0) is 42.9 Å². The number of pyridine rings is 2. The summed E-state index contributed by atoms with van der Waals surface area (Å²) >= 11 is 0.602. The van der Waals surface area contributed by atoms with Crippen LogP contribution in [0.3, 0.4) is 0 Å². The number of nitrogens with one attached hydrogen (secondary N) is 1. The van der Waals surface area contributed by atoms with Crippen molar-refractivity contribution in [2.45, 2.75) is 22.7 Å². The first-order chi connectivity index (χ1) is 23.3. The van der Waals surface area contributed by atoms with Crippen molar-refractivity contribution < 1.29 is 32.9 Å². The lowest BCUT2D eigenvalue weighted by Gasteiger charge is -2.22. The lowest BCUT2D eigenvalue weighted by atomic mass is 10.1. The molecule has 5 aromatic rings. The van der Waals surface area contributed by atoms with Crippen molar-refractivity contribution in [3.63, 3.8) is 0 Å². The third-order valence-corrected chi connectivity index (χ3v) is 8.36. The largest absolute Gasteiger partial charge is 0.485 e. The molecule has 0 aliphatic carbocycles. The monoisotopic (exact) mass is 667 g/mol. The van der Waals surface area contributed by atoms with Gasteiger partial charge in [-0.25, -0.2) is 9.78 Å². The van der Waals surface area contributed by atoms with E-state index in [-0.39, 0.29) is 46.2 Å². The number of hydrogen-bond donors (Lipinski definition) is 2. The minimum absolute atomic E-state index is 0.0361. The van der Waals surface area contributed by atoms with Crippen molar-refractivity contribution >= 4 is 17.7 Å². The van der Waals surface area contributed by atoms with E-state index in [1.807, 2.05) is 55.6 Å². The number of nitrogens with zero attached hydrogens (tertiary/aromatic N) is 4. The number of benzene rings is 3. The molecule has 0 saturated carbocycles. The number of ether oxygens (including phenoxy) is 3. The fourth-order valence-corrected chi connectivity index (χ4v) is 5.71. The van der Waals surface area contributed by atoms with Crippen LogP contribution in [-0.2, 0) is 6.61 Å². The zero-order valence-electron chi connectivity index (χ0n) is 25.4. The Morgan fingerprint density at radius 3 is 2.40 bits per heavy atom. The summed E-state index contributed by atoms with van der Waals surface area (Å²) in [5.41, 5.74) is 1.68. The molecule has 3 heterocycles. The fourth-order valence-electron chi connectivity index (χ4n) is 4.91. The quantitative estimate of drug-likeness (QED) is 0.149. The van der Waals surface area contributed by atoms with Crippen molar-refractivity contribution in [1.82, 2.24) is 20.2 Å². The number of carboxylic acids is 1. The van der Waals surface area contributed by atoms with Crippen molar-refractivity contribution in [3.05, 3.63) is 125 Å². The van der Waals surface area contributed by atoms with Crippen molar-refractivity contribution in [2.24, 2.45) is 0 Å². The SMILES string of the molecule is CN1CCNC1c1ccccc1Oc1nc(Oc2cc(C#N)ccc2OCc2ccccc2)c(F)c(Sc2ccc(C(=O)O)cn2)c1F. The number of carboxylic acid groups (broad SMARTS) is 1. The molecular formula is C35H27F2N5O5S. The predicted octanol–water partition coefficient (Wildman–Crippen LogP) is 7.17. The molecule has 3 aromatic carbocycles. The molecule has 2 aromatic heterocycles. The summed E-state index contributed by atoms with van der Waals surface area (Å²) in [7, 11) is 1.94. The first kappa shape index (κ1) is 32.4. The predicted molar refractivity (Wildman–Crippen MR) is 171 cm³/mol. The van der Waals surface area contributed by atoms with E-state index in [1.165, 1.54) is 30.3 Å². The molecule has 6 rings (SSSR count). The Balaban J connectivity index is 1.41. The summed E-state index contributed by atoms with van der Waals surface area (Å²) in [5, 5.41) is 22.3. The summed E-state index contributed by atoms with van der Waals surface area (Å²) in [6.07, 6.45) is 0.867. The van der Waals surface area contributed by atoms with Crippen LogP contribution in [0.1, 0.15) is 33.2 Å². The van der Waals surface area contributed by atoms with Crippen molar-refractivity contribution in [3.8, 4) is 35.1 Å². The number of nitriles is 1. The summed E-state index contributed by atoms with van der Waals surface area (Å²) in [6, 6.07) is 25.4. The maximum atomic E-state index is 16.2. The first-order valence-electron chi connectivity index (χ1n) is 14.7. The summed E-state index contributed by atoms with van der Waals surface area (Å²) in [6.45, 7) is 1.67. The molecule has 1 saturated heterocycles. The molecule has 0 amide bonds. The van der Waals surface area contributed by atoms with E-state index in [0.717, 1.165) is 24.8 Å². The molecule has 1 aliphatic rings. The number of aromatic carboxylic acids is 1. The third kappa shape index (κ3) is 7.21. The smallest absolute Gasteiger partial charge is 0.337 e. The Bertz CT molecular complexity index is 1990. The van der Waals surface area contributed by atoms with Gasteiger partial charge in [-0.3, -0.25) is 10.2 Å². The van der Waals surface area contributed by atoms with Crippen molar-refractivity contribution in [2.75, 3.05) is 20.1 Å². The van der Waals surface area contributed by atoms with Crippen LogP contribution in [0.2, 0.25) is 0 Å². The van der Waals surface area contributed by atoms with E-state index in [2.05, 4.69) is 20.2 Å². The van der Waals surface area contributed by atoms with Gasteiger partial charge < -0.3 is 19.3 Å². The minimum Gasteiger partial charge on any atom is -0.485 e. The molecule has 13 heteroatoms. The number of rotatable bonds is 11. The van der Waals surface area contributed by atoms with Gasteiger partial charge in [0.25, 0.3) is 11.8 Å². The van der Waals surface area contributed by atoms with Gasteiger partial charge in [-0.15, -0.1) is 0 Å². The average Bonchev–Trinajstić information content (AvgIpc) is 3.54. The van der Waals surface area contributed by atoms with E-state index in [1.54, 1.807) is 12.1 Å². The second kappa shape index (κ2) is 14.5. The van der Waals surface area contributed by atoms with E-state index < -0.39 is 34.3 Å². The van der Waals surface area contributed by atoms with Gasteiger partial charge in [0.15, 0.2) is 11.5 Å². The molecule has 0 spiro atoms. The molecule has 1 fully saturated rings. The molecule has 0 radical (unpaired) electrons. The number of halogens is 2. The number of aromatic nitrogens is 2. The minimum atomic E-state index is -1.20. The molecule has 48 heavy (non-hydrogen) atoms. The van der Waals surface area contributed by atoms with E-state index in [9.17, 15) is 15.2 Å². The molecule has 242 valence electrons. The highest BCUT2D eigenvalue weighted by Gasteiger charge is 2.29. The number of likely N-dealkylation sites (N-methyl/N-ethyl adjacent to an activating group) is 1. The van der Waals surface area contributed by atoms with Crippen LogP contribution in [0.25, 0.3) is 0 Å². The number of para-hydroxylation sites is 1. The molecule has 1 unspecified atom stereocenters. The fraction of sp³-hybridized carbons (Fsp3) is 0.143. The van der Waals surface area contributed by atoms with E-state index >= 15 is 8.78 Å². The number of carbonyl (C=O) groups is 1. The number of hydrogen-bond acceptors (Lipinski definition) is 10. The van der Waals surface area contributed by atoms with Gasteiger partial charge in [0, 0.05) is 30.9 Å². The van der Waals surface area contributed by atoms with Crippen LogP contribution in [0, 0.1) is 23.0 Å². The standard InChI is InChI=1S/C35H27F2N5O5S/c1-42-16-15-39-32(42)24-9-5-6-10-25(24)46-33-29(36)31(48-28-14-12-23(19-40-28)35(43)44)30(37)34(41-33)47-27-17-22(18-38)11-13-26(27)45-20-21-7-3-2-4-8-21/h2-14,17,19,32,39H,15-16,20H2,1H3,(H,43,44).